The first kappa shape index (κ1) is 44.2. The lowest BCUT2D eigenvalue weighted by atomic mass is 9.45. The number of anilines is 6. The Labute approximate surface area is 496 Å². The van der Waals surface area contributed by atoms with E-state index >= 15 is 0 Å². The van der Waals surface area contributed by atoms with Crippen molar-refractivity contribution in [3.05, 3.63) is 231 Å². The van der Waals surface area contributed by atoms with Crippen LogP contribution in [0.25, 0.3) is 136 Å². The molecule has 384 valence electrons. The van der Waals surface area contributed by atoms with Crippen LogP contribution in [0.15, 0.2) is 231 Å². The molecule has 4 nitrogen and oxygen atoms in total. The second kappa shape index (κ2) is 15.4. The molecule has 0 spiro atoms. The van der Waals surface area contributed by atoms with Crippen LogP contribution in [-0.4, -0.2) is 22.7 Å². The van der Waals surface area contributed by atoms with Gasteiger partial charge in [0.2, 0.25) is 0 Å². The van der Waals surface area contributed by atoms with E-state index in [-0.39, 0.29) is 13.7 Å². The Kier molecular flexibility index (Phi) is 8.11. The summed E-state index contributed by atoms with van der Waals surface area (Å²) in [4.78, 5) is 5.22. The molecule has 0 saturated carbocycles. The van der Waals surface area contributed by atoms with Crippen molar-refractivity contribution in [2.75, 3.05) is 9.80 Å². The maximum Gasteiger partial charge on any atom is 0.333 e. The number of benzene rings is 12. The zero-order valence-corrected chi connectivity index (χ0v) is 47.8. The van der Waals surface area contributed by atoms with Crippen LogP contribution >= 0.6 is 45.3 Å². The maximum atomic E-state index is 2.82. The predicted octanol–water partition coefficient (Wildman–Crippen LogP) is 19.1. The Hall–Kier alpha value is -9.41. The first-order valence-electron chi connectivity index (χ1n) is 28.9. The topological polar surface area (TPSA) is 16.3 Å². The number of hydrogen-bond acceptors (Lipinski definition) is 6. The molecule has 84 heavy (non-hydrogen) atoms. The van der Waals surface area contributed by atoms with E-state index < -0.39 is 0 Å². The Morgan fingerprint density at radius 2 is 0.583 bits per heavy atom. The fraction of sp³-hybridized carbons (Fsp3) is 0. The van der Waals surface area contributed by atoms with Gasteiger partial charge < -0.3 is 18.8 Å². The van der Waals surface area contributed by atoms with Gasteiger partial charge in [-0.25, -0.2) is 0 Å². The summed E-state index contributed by atoms with van der Waals surface area (Å²) < 4.78 is 16.2. The van der Waals surface area contributed by atoms with Crippen molar-refractivity contribution in [2.24, 2.45) is 0 Å². The van der Waals surface area contributed by atoms with E-state index in [1.165, 1.54) is 192 Å². The molecule has 10 heterocycles. The van der Waals surface area contributed by atoms with Gasteiger partial charge in [0, 0.05) is 148 Å². The standard InChI is InChI=1S/C74H38B2N4S4/c1-5-25-61-41(13-1)45-31-29-39(33-65(45)81-61)77-57-23-11-17-47-49-19-9-21-51-71(49)79(75(69(47)57)55-37-67-53(35-59(55)77)43-15-3-7-27-63(43)83-67)73-52-22-10-20-50-48-18-12-24-58-70(48)76(80(72(50)52)74(51)73)56-38-68-54(44-16-4-8-28-64(44)84-68)36-60(56)78(58)40-30-32-46-42-14-2-6-26-62(42)82-66(46)34-40/h1-38H. The fourth-order valence-corrected chi connectivity index (χ4v) is 20.7. The highest BCUT2D eigenvalue weighted by molar-refractivity contribution is 7.27. The predicted molar refractivity (Wildman–Crippen MR) is 368 cm³/mol. The van der Waals surface area contributed by atoms with Crippen molar-refractivity contribution in [3.63, 3.8) is 0 Å². The molecule has 0 bridgehead atoms. The van der Waals surface area contributed by atoms with Gasteiger partial charge in [-0.3, -0.25) is 0 Å². The van der Waals surface area contributed by atoms with Gasteiger partial charge in [0.15, 0.2) is 0 Å². The van der Waals surface area contributed by atoms with E-state index in [1.54, 1.807) is 0 Å². The third kappa shape index (κ3) is 5.31. The lowest BCUT2D eigenvalue weighted by Gasteiger charge is -2.40. The third-order valence-electron chi connectivity index (χ3n) is 19.4. The molecule has 0 atom stereocenters. The molecular formula is C74H38B2N4S4. The molecular weight excluding hydrogens is 1090 g/mol. The summed E-state index contributed by atoms with van der Waals surface area (Å²) >= 11 is 7.63. The quantitative estimate of drug-likeness (QED) is 0.160. The molecule has 12 aromatic carbocycles. The average Bonchev–Trinajstić information content (AvgIpc) is 1.46. The van der Waals surface area contributed by atoms with Crippen LogP contribution < -0.4 is 31.7 Å². The lowest BCUT2D eigenvalue weighted by Crippen LogP contribution is -2.56. The molecule has 10 heteroatoms. The van der Waals surface area contributed by atoms with Gasteiger partial charge in [-0.1, -0.05) is 146 Å². The highest BCUT2D eigenvalue weighted by atomic mass is 32.1. The first-order chi connectivity index (χ1) is 41.7. The van der Waals surface area contributed by atoms with E-state index in [0.717, 1.165) is 0 Å². The van der Waals surface area contributed by atoms with Crippen LogP contribution in [-0.2, 0) is 0 Å². The minimum Gasteiger partial charge on any atom is -0.374 e. The Morgan fingerprint density at radius 1 is 0.238 bits per heavy atom. The maximum absolute atomic E-state index is 2.82. The SMILES string of the molecule is c1cc2c3c(c1)N(c1ccc4c(c1)sc1ccccc14)c1cc4c(cc1B3n1c3c-2cccc3c2c1c1cccc3c1n2B1c2cc5sc6ccccc6c5cc2N(c2ccc5c(c2)sc2ccccc25)c2cccc-3c21)sc1ccccc14. The van der Waals surface area contributed by atoms with Crippen LogP contribution in [0.5, 0.6) is 0 Å². The smallest absolute Gasteiger partial charge is 0.333 e. The normalized spacial score (nSPS) is 13.9. The molecule has 22 rings (SSSR count). The van der Waals surface area contributed by atoms with E-state index in [4.69, 9.17) is 0 Å². The van der Waals surface area contributed by atoms with Crippen LogP contribution in [0.2, 0.25) is 0 Å². The summed E-state index contributed by atoms with van der Waals surface area (Å²) in [5.41, 5.74) is 23.1. The molecule has 0 radical (unpaired) electrons. The highest BCUT2D eigenvalue weighted by Gasteiger charge is 2.48. The monoisotopic (exact) mass is 1130 g/mol. The molecule has 4 aliphatic rings. The number of fused-ring (bicyclic) bond motifs is 25. The van der Waals surface area contributed by atoms with Crippen LogP contribution in [0.1, 0.15) is 0 Å². The molecule has 0 amide bonds. The molecule has 0 fully saturated rings. The minimum atomic E-state index is -0.113. The van der Waals surface area contributed by atoms with Crippen LogP contribution in [0.3, 0.4) is 0 Å². The van der Waals surface area contributed by atoms with E-state index in [1.807, 2.05) is 45.3 Å². The lowest BCUT2D eigenvalue weighted by molar-refractivity contribution is 1.26. The number of nitrogens with zero attached hydrogens (tertiary/aromatic N) is 4. The van der Waals surface area contributed by atoms with Crippen molar-refractivity contribution >= 4 is 229 Å². The molecule has 18 aromatic rings. The number of aromatic nitrogens is 2. The third-order valence-corrected chi connectivity index (χ3v) is 24.0. The summed E-state index contributed by atoms with van der Waals surface area (Å²) in [6, 6.07) is 89.0. The molecule has 0 aliphatic carbocycles. The minimum absolute atomic E-state index is 0.113. The van der Waals surface area contributed by atoms with E-state index in [0.29, 0.717) is 0 Å². The second-order valence-corrected chi connectivity index (χ2v) is 27.7. The summed E-state index contributed by atoms with van der Waals surface area (Å²) in [5, 5.41) is 13.1. The average molecular weight is 1130 g/mol. The fourth-order valence-electron chi connectivity index (χ4n) is 16.2. The van der Waals surface area contributed by atoms with Crippen molar-refractivity contribution in [1.29, 1.82) is 0 Å². The Bertz CT molecular complexity index is 5760. The first-order valence-corrected chi connectivity index (χ1v) is 32.1. The zero-order valence-electron chi connectivity index (χ0n) is 44.5. The van der Waals surface area contributed by atoms with Crippen LogP contribution in [0, 0.1) is 0 Å². The summed E-state index contributed by atoms with van der Waals surface area (Å²) in [6.07, 6.45) is 0. The molecule has 0 N–H and O–H groups in total. The molecule has 6 aromatic heterocycles. The Morgan fingerprint density at radius 3 is 1.01 bits per heavy atom. The summed E-state index contributed by atoms with van der Waals surface area (Å²) in [7, 11) is 0. The number of thiophene rings is 4. The largest absolute Gasteiger partial charge is 0.374 e. The summed E-state index contributed by atoms with van der Waals surface area (Å²) in [6.45, 7) is -0.227. The highest BCUT2D eigenvalue weighted by Crippen LogP contribution is 2.53. The van der Waals surface area contributed by atoms with Gasteiger partial charge in [0.25, 0.3) is 0 Å². The van der Waals surface area contributed by atoms with Crippen molar-refractivity contribution < 1.29 is 0 Å². The Balaban J connectivity index is 0.848. The van der Waals surface area contributed by atoms with Gasteiger partial charge in [0.1, 0.15) is 0 Å². The number of para-hydroxylation sites is 2. The van der Waals surface area contributed by atoms with Crippen molar-refractivity contribution in [1.82, 2.24) is 8.96 Å². The number of hydrogen-bond donors (Lipinski definition) is 0. The molecule has 4 aliphatic heterocycles. The summed E-state index contributed by atoms with van der Waals surface area (Å²) in [5.74, 6) is 0. The second-order valence-electron chi connectivity index (χ2n) is 23.4. The van der Waals surface area contributed by atoms with Crippen molar-refractivity contribution in [2.45, 2.75) is 0 Å². The van der Waals surface area contributed by atoms with Gasteiger partial charge in [-0.2, -0.15) is 0 Å². The van der Waals surface area contributed by atoms with Gasteiger partial charge in [-0.05, 0) is 118 Å². The van der Waals surface area contributed by atoms with Crippen molar-refractivity contribution in [3.8, 4) is 22.3 Å². The number of rotatable bonds is 2. The zero-order chi connectivity index (χ0) is 53.9. The van der Waals surface area contributed by atoms with Crippen LogP contribution in [0.4, 0.5) is 34.1 Å². The van der Waals surface area contributed by atoms with Gasteiger partial charge in [-0.15, -0.1) is 45.3 Å². The molecule has 0 unspecified atom stereocenters. The van der Waals surface area contributed by atoms with Gasteiger partial charge >= 0.3 is 13.7 Å². The van der Waals surface area contributed by atoms with E-state index in [9.17, 15) is 0 Å². The van der Waals surface area contributed by atoms with Gasteiger partial charge in [0.05, 0.1) is 11.0 Å². The van der Waals surface area contributed by atoms with E-state index in [2.05, 4.69) is 249 Å². The molecule has 0 saturated heterocycles.